The van der Waals surface area contributed by atoms with E-state index in [1.807, 2.05) is 0 Å². The van der Waals surface area contributed by atoms with Gasteiger partial charge in [-0.2, -0.15) is 0 Å². The molecule has 9 nitrogen and oxygen atoms in total. The predicted octanol–water partition coefficient (Wildman–Crippen LogP) is 0.937. The Kier molecular flexibility index (Phi) is 5.58. The van der Waals surface area contributed by atoms with Crippen molar-refractivity contribution >= 4 is 41.1 Å². The normalized spacial score (nSPS) is 19.6. The van der Waals surface area contributed by atoms with Crippen molar-refractivity contribution in [1.82, 2.24) is 15.2 Å². The lowest BCUT2D eigenvalue weighted by atomic mass is 9.99. The Morgan fingerprint density at radius 3 is 2.76 bits per heavy atom. The Bertz CT molecular complexity index is 726. The fourth-order valence-electron chi connectivity index (χ4n) is 2.12. The van der Waals surface area contributed by atoms with Gasteiger partial charge in [0.1, 0.15) is 12.1 Å². The molecule has 0 spiro atoms. The minimum absolute atomic E-state index is 0.0976. The minimum Gasteiger partial charge on any atom is -0.454 e. The molecule has 1 aromatic rings. The Morgan fingerprint density at radius 1 is 1.44 bits per heavy atom. The van der Waals surface area contributed by atoms with Crippen LogP contribution in [0.5, 0.6) is 0 Å². The summed E-state index contributed by atoms with van der Waals surface area (Å²) >= 11 is 5.79. The summed E-state index contributed by atoms with van der Waals surface area (Å²) in [6.45, 7) is 2.16. The van der Waals surface area contributed by atoms with Gasteiger partial charge < -0.3 is 15.4 Å². The lowest BCUT2D eigenvalue weighted by Crippen LogP contribution is -2.43. The summed E-state index contributed by atoms with van der Waals surface area (Å²) < 4.78 is 4.79. The number of pyridine rings is 1. The zero-order chi connectivity index (χ0) is 18.6. The summed E-state index contributed by atoms with van der Waals surface area (Å²) in [4.78, 5) is 52.1. The van der Waals surface area contributed by atoms with Gasteiger partial charge in [0.25, 0.3) is 11.8 Å². The second-order valence-electron chi connectivity index (χ2n) is 5.56. The summed E-state index contributed by atoms with van der Waals surface area (Å²) in [5.41, 5.74) is -0.760. The van der Waals surface area contributed by atoms with Crippen LogP contribution in [0.2, 0.25) is 5.15 Å². The highest BCUT2D eigenvalue weighted by Crippen LogP contribution is 2.20. The standard InChI is InChI=1S/C15H17ClN4O5/c1-3-15(2)13(23)20(14(24)19-15)7-11(22)25-8-10(21)18-9-5-4-6-17-12(9)16/h4-6H,3,7-8H2,1-2H3,(H,18,21)(H,19,24)/t15-/m1/s1. The number of ether oxygens (including phenoxy) is 1. The highest BCUT2D eigenvalue weighted by atomic mass is 35.5. The van der Waals surface area contributed by atoms with E-state index in [0.717, 1.165) is 4.90 Å². The van der Waals surface area contributed by atoms with E-state index < -0.39 is 42.5 Å². The molecule has 2 rings (SSSR count). The van der Waals surface area contributed by atoms with Crippen LogP contribution < -0.4 is 10.6 Å². The third kappa shape index (κ3) is 4.24. The van der Waals surface area contributed by atoms with Crippen LogP contribution in [0.25, 0.3) is 0 Å². The number of anilines is 1. The van der Waals surface area contributed by atoms with Gasteiger partial charge in [0.15, 0.2) is 11.8 Å². The minimum atomic E-state index is -1.04. The molecule has 25 heavy (non-hydrogen) atoms. The SMILES string of the molecule is CC[C@@]1(C)NC(=O)N(CC(=O)OCC(=O)Nc2cccnc2Cl)C1=O. The van der Waals surface area contributed by atoms with Crippen LogP contribution >= 0.6 is 11.6 Å². The molecule has 0 saturated carbocycles. The van der Waals surface area contributed by atoms with Gasteiger partial charge in [-0.3, -0.25) is 19.3 Å². The molecule has 1 aliphatic rings. The average Bonchev–Trinajstić information content (AvgIpc) is 2.79. The smallest absolute Gasteiger partial charge is 0.326 e. The molecule has 4 amide bonds. The fourth-order valence-corrected chi connectivity index (χ4v) is 2.28. The Hall–Kier alpha value is -2.68. The van der Waals surface area contributed by atoms with E-state index in [1.54, 1.807) is 19.9 Å². The fraction of sp³-hybridized carbons (Fsp3) is 0.400. The third-order valence-corrected chi connectivity index (χ3v) is 4.04. The van der Waals surface area contributed by atoms with Crippen molar-refractivity contribution in [2.75, 3.05) is 18.5 Å². The first-order valence-electron chi connectivity index (χ1n) is 7.47. The summed E-state index contributed by atoms with van der Waals surface area (Å²) in [6.07, 6.45) is 1.84. The Morgan fingerprint density at radius 2 is 2.16 bits per heavy atom. The number of hydrogen-bond acceptors (Lipinski definition) is 6. The summed E-state index contributed by atoms with van der Waals surface area (Å²) in [5, 5.41) is 5.04. The van der Waals surface area contributed by atoms with Crippen molar-refractivity contribution in [3.8, 4) is 0 Å². The topological polar surface area (TPSA) is 118 Å². The van der Waals surface area contributed by atoms with Crippen LogP contribution in [-0.4, -0.2) is 52.4 Å². The zero-order valence-corrected chi connectivity index (χ0v) is 14.4. The second kappa shape index (κ2) is 7.47. The van der Waals surface area contributed by atoms with Gasteiger partial charge in [0, 0.05) is 6.20 Å². The summed E-state index contributed by atoms with van der Waals surface area (Å²) in [7, 11) is 0. The monoisotopic (exact) mass is 368 g/mol. The molecule has 1 atom stereocenters. The van der Waals surface area contributed by atoms with Crippen LogP contribution in [0.1, 0.15) is 20.3 Å². The number of esters is 1. The van der Waals surface area contributed by atoms with Crippen LogP contribution in [0.3, 0.4) is 0 Å². The van der Waals surface area contributed by atoms with Crippen molar-refractivity contribution < 1.29 is 23.9 Å². The molecule has 2 N–H and O–H groups in total. The number of amides is 4. The van der Waals surface area contributed by atoms with Crippen LogP contribution in [0.4, 0.5) is 10.5 Å². The number of imide groups is 1. The number of carbonyl (C=O) groups is 4. The maximum Gasteiger partial charge on any atom is 0.326 e. The van der Waals surface area contributed by atoms with Crippen LogP contribution in [0, 0.1) is 0 Å². The zero-order valence-electron chi connectivity index (χ0n) is 13.7. The van der Waals surface area contributed by atoms with Crippen molar-refractivity contribution in [2.45, 2.75) is 25.8 Å². The average molecular weight is 369 g/mol. The van der Waals surface area contributed by atoms with Gasteiger partial charge in [-0.15, -0.1) is 0 Å². The molecule has 134 valence electrons. The molecule has 1 aliphatic heterocycles. The first kappa shape index (κ1) is 18.7. The van der Waals surface area contributed by atoms with Gasteiger partial charge in [-0.1, -0.05) is 18.5 Å². The molecule has 0 radical (unpaired) electrons. The highest BCUT2D eigenvalue weighted by Gasteiger charge is 2.47. The number of rotatable bonds is 6. The summed E-state index contributed by atoms with van der Waals surface area (Å²) in [5.74, 6) is -2.02. The van der Waals surface area contributed by atoms with Gasteiger partial charge in [0.05, 0.1) is 5.69 Å². The molecule has 1 fully saturated rings. The van der Waals surface area contributed by atoms with E-state index in [9.17, 15) is 19.2 Å². The molecular weight excluding hydrogens is 352 g/mol. The predicted molar refractivity (Wildman–Crippen MR) is 87.8 cm³/mol. The van der Waals surface area contributed by atoms with Gasteiger partial charge in [-0.25, -0.2) is 9.78 Å². The van der Waals surface area contributed by atoms with E-state index in [-0.39, 0.29) is 10.8 Å². The van der Waals surface area contributed by atoms with Crippen molar-refractivity contribution in [2.24, 2.45) is 0 Å². The molecule has 10 heteroatoms. The molecule has 0 bridgehead atoms. The number of nitrogens with zero attached hydrogens (tertiary/aromatic N) is 2. The van der Waals surface area contributed by atoms with Crippen LogP contribution in [-0.2, 0) is 19.1 Å². The van der Waals surface area contributed by atoms with Crippen molar-refractivity contribution in [3.63, 3.8) is 0 Å². The van der Waals surface area contributed by atoms with Gasteiger partial charge >= 0.3 is 12.0 Å². The molecule has 2 heterocycles. The van der Waals surface area contributed by atoms with E-state index in [1.165, 1.54) is 12.3 Å². The molecular formula is C15H17ClN4O5. The Balaban J connectivity index is 1.85. The molecule has 0 unspecified atom stereocenters. The molecule has 1 saturated heterocycles. The number of urea groups is 1. The summed E-state index contributed by atoms with van der Waals surface area (Å²) in [6, 6.07) is 2.45. The second-order valence-corrected chi connectivity index (χ2v) is 5.92. The number of aromatic nitrogens is 1. The first-order valence-corrected chi connectivity index (χ1v) is 7.84. The number of nitrogens with one attached hydrogen (secondary N) is 2. The number of carbonyl (C=O) groups excluding carboxylic acids is 4. The molecule has 0 aliphatic carbocycles. The first-order chi connectivity index (χ1) is 11.8. The highest BCUT2D eigenvalue weighted by molar-refractivity contribution is 6.32. The Labute approximate surface area is 148 Å². The molecule has 0 aromatic carbocycles. The lowest BCUT2D eigenvalue weighted by Gasteiger charge is -2.18. The van der Waals surface area contributed by atoms with Crippen molar-refractivity contribution in [3.05, 3.63) is 23.5 Å². The quantitative estimate of drug-likeness (QED) is 0.438. The van der Waals surface area contributed by atoms with E-state index in [2.05, 4.69) is 15.6 Å². The lowest BCUT2D eigenvalue weighted by molar-refractivity contribution is -0.150. The largest absolute Gasteiger partial charge is 0.454 e. The van der Waals surface area contributed by atoms with E-state index >= 15 is 0 Å². The maximum absolute atomic E-state index is 12.2. The van der Waals surface area contributed by atoms with Crippen molar-refractivity contribution in [1.29, 1.82) is 0 Å². The van der Waals surface area contributed by atoms with E-state index in [0.29, 0.717) is 6.42 Å². The van der Waals surface area contributed by atoms with Gasteiger partial charge in [0.2, 0.25) is 0 Å². The van der Waals surface area contributed by atoms with Gasteiger partial charge in [-0.05, 0) is 25.5 Å². The molecule has 1 aromatic heterocycles. The number of halogens is 1. The number of hydrogen-bond donors (Lipinski definition) is 2. The maximum atomic E-state index is 12.2. The van der Waals surface area contributed by atoms with Crippen LogP contribution in [0.15, 0.2) is 18.3 Å². The van der Waals surface area contributed by atoms with E-state index in [4.69, 9.17) is 16.3 Å². The third-order valence-electron chi connectivity index (χ3n) is 3.74.